The van der Waals surface area contributed by atoms with Gasteiger partial charge in [-0.3, -0.25) is 9.78 Å². The smallest absolute Gasteiger partial charge is 0.337 e. The van der Waals surface area contributed by atoms with E-state index >= 15 is 0 Å². The molecule has 1 aromatic heterocycles. The minimum atomic E-state index is -4.44. The molecule has 126 valence electrons. The monoisotopic (exact) mass is 359 g/mol. The highest BCUT2D eigenvalue weighted by molar-refractivity contribution is 5.92. The Morgan fingerprint density at radius 2 is 2.05 bits per heavy atom. The molecule has 2 heterocycles. The molecular weight excluding hydrogens is 342 g/mol. The molecule has 1 saturated heterocycles. The van der Waals surface area contributed by atoms with Gasteiger partial charge in [0.2, 0.25) is 0 Å². The molecule has 2 unspecified atom stereocenters. The Balaban J connectivity index is 0.00000220. The lowest BCUT2D eigenvalue weighted by atomic mass is 10.0. The number of hydrogen-bond acceptors (Lipinski definition) is 3. The molecule has 0 radical (unpaired) electrons. The summed E-state index contributed by atoms with van der Waals surface area (Å²) in [5, 5.41) is 0. The molecule has 1 amide bonds. The van der Waals surface area contributed by atoms with Crippen molar-refractivity contribution in [2.24, 2.45) is 11.7 Å². The normalized spacial score (nSPS) is 19.1. The Morgan fingerprint density at radius 3 is 2.45 bits per heavy atom. The van der Waals surface area contributed by atoms with Crippen LogP contribution in [-0.4, -0.2) is 34.9 Å². The van der Waals surface area contributed by atoms with Crippen molar-refractivity contribution in [3.63, 3.8) is 0 Å². The van der Waals surface area contributed by atoms with Crippen molar-refractivity contribution < 1.29 is 18.0 Å². The van der Waals surface area contributed by atoms with Gasteiger partial charge in [-0.05, 0) is 31.4 Å². The van der Waals surface area contributed by atoms with E-state index in [0.717, 1.165) is 18.6 Å². The van der Waals surface area contributed by atoms with E-state index < -0.39 is 11.7 Å². The number of aromatic nitrogens is 1. The summed E-state index contributed by atoms with van der Waals surface area (Å²) in [4.78, 5) is 17.3. The first-order chi connectivity index (χ1) is 9.29. The lowest BCUT2D eigenvalue weighted by Gasteiger charge is -2.18. The molecule has 2 rings (SSSR count). The third-order valence-corrected chi connectivity index (χ3v) is 3.57. The van der Waals surface area contributed by atoms with Crippen LogP contribution in [-0.2, 0) is 6.18 Å². The Kier molecular flexibility index (Phi) is 7.61. The Bertz CT molecular complexity index is 494. The quantitative estimate of drug-likeness (QED) is 0.882. The summed E-state index contributed by atoms with van der Waals surface area (Å²) in [6.45, 7) is 2.97. The first-order valence-electron chi connectivity index (χ1n) is 6.37. The molecule has 1 aliphatic heterocycles. The topological polar surface area (TPSA) is 59.2 Å². The highest BCUT2D eigenvalue weighted by atomic mass is 35.5. The van der Waals surface area contributed by atoms with Crippen molar-refractivity contribution >= 4 is 30.7 Å². The van der Waals surface area contributed by atoms with Gasteiger partial charge in [-0.2, -0.15) is 13.2 Å². The molecular formula is C13H18Cl2F3N3O. The molecule has 0 aromatic carbocycles. The highest BCUT2D eigenvalue weighted by Gasteiger charge is 2.32. The predicted octanol–water partition coefficient (Wildman–Crippen LogP) is 2.75. The van der Waals surface area contributed by atoms with Crippen LogP contribution in [0.2, 0.25) is 0 Å². The highest BCUT2D eigenvalue weighted by Crippen LogP contribution is 2.28. The number of nitrogens with zero attached hydrogens (tertiary/aromatic N) is 2. The second-order valence-corrected chi connectivity index (χ2v) is 5.09. The van der Waals surface area contributed by atoms with Crippen molar-refractivity contribution in [2.75, 3.05) is 13.1 Å². The van der Waals surface area contributed by atoms with Crippen LogP contribution in [0.5, 0.6) is 0 Å². The first-order valence-corrected chi connectivity index (χ1v) is 6.37. The molecule has 0 spiro atoms. The van der Waals surface area contributed by atoms with Gasteiger partial charge in [-0.1, -0.05) is 0 Å². The fourth-order valence-corrected chi connectivity index (χ4v) is 2.25. The number of hydrogen-bond donors (Lipinski definition) is 1. The molecule has 0 bridgehead atoms. The number of likely N-dealkylation sites (tertiary alicyclic amines) is 1. The average molecular weight is 360 g/mol. The second kappa shape index (κ2) is 7.99. The van der Waals surface area contributed by atoms with Crippen molar-refractivity contribution in [2.45, 2.75) is 25.6 Å². The summed E-state index contributed by atoms with van der Waals surface area (Å²) in [7, 11) is 0. The van der Waals surface area contributed by atoms with Crippen molar-refractivity contribution in [3.8, 4) is 0 Å². The van der Waals surface area contributed by atoms with Gasteiger partial charge in [0.25, 0.3) is 5.91 Å². The summed E-state index contributed by atoms with van der Waals surface area (Å²) < 4.78 is 37.2. The van der Waals surface area contributed by atoms with Gasteiger partial charge in [0.1, 0.15) is 5.69 Å². The zero-order valence-corrected chi connectivity index (χ0v) is 13.5. The van der Waals surface area contributed by atoms with Crippen molar-refractivity contribution in [1.82, 2.24) is 9.88 Å². The van der Waals surface area contributed by atoms with Crippen LogP contribution < -0.4 is 5.73 Å². The number of amides is 1. The Labute approximate surface area is 139 Å². The zero-order chi connectivity index (χ0) is 14.9. The molecule has 9 heteroatoms. The fraction of sp³-hybridized carbons (Fsp3) is 0.538. The van der Waals surface area contributed by atoms with E-state index in [1.807, 2.05) is 6.92 Å². The molecule has 22 heavy (non-hydrogen) atoms. The number of carbonyl (C=O) groups excluding carboxylic acids is 1. The van der Waals surface area contributed by atoms with Crippen LogP contribution in [0, 0.1) is 5.92 Å². The minimum Gasteiger partial charge on any atom is -0.337 e. The number of pyridine rings is 1. The van der Waals surface area contributed by atoms with Gasteiger partial charge in [0.15, 0.2) is 0 Å². The average Bonchev–Trinajstić information content (AvgIpc) is 2.86. The maximum Gasteiger partial charge on any atom is 0.417 e. The number of rotatable bonds is 2. The maximum absolute atomic E-state index is 12.4. The molecule has 0 saturated carbocycles. The summed E-state index contributed by atoms with van der Waals surface area (Å²) in [5.74, 6) is -0.115. The van der Waals surface area contributed by atoms with Crippen LogP contribution >= 0.6 is 24.8 Å². The molecule has 0 aliphatic carbocycles. The maximum atomic E-state index is 12.4. The van der Waals surface area contributed by atoms with Crippen LogP contribution in [0.25, 0.3) is 0 Å². The van der Waals surface area contributed by atoms with E-state index in [0.29, 0.717) is 19.3 Å². The lowest BCUT2D eigenvalue weighted by molar-refractivity contribution is -0.137. The number of halogens is 5. The van der Waals surface area contributed by atoms with Crippen molar-refractivity contribution in [1.29, 1.82) is 0 Å². The van der Waals surface area contributed by atoms with Gasteiger partial charge >= 0.3 is 6.18 Å². The molecule has 2 atom stereocenters. The number of carbonyl (C=O) groups is 1. The van der Waals surface area contributed by atoms with E-state index in [1.165, 1.54) is 0 Å². The van der Waals surface area contributed by atoms with Gasteiger partial charge in [-0.15, -0.1) is 24.8 Å². The fourth-order valence-electron chi connectivity index (χ4n) is 2.25. The zero-order valence-electron chi connectivity index (χ0n) is 11.8. The number of nitrogens with two attached hydrogens (primary N) is 1. The van der Waals surface area contributed by atoms with Gasteiger partial charge in [-0.25, -0.2) is 0 Å². The minimum absolute atomic E-state index is 0. The van der Waals surface area contributed by atoms with Crippen molar-refractivity contribution in [3.05, 3.63) is 29.6 Å². The van der Waals surface area contributed by atoms with Crippen LogP contribution in [0.3, 0.4) is 0 Å². The molecule has 2 N–H and O–H groups in total. The summed E-state index contributed by atoms with van der Waals surface area (Å²) in [6, 6.07) is 1.98. The van der Waals surface area contributed by atoms with E-state index in [2.05, 4.69) is 4.98 Å². The molecule has 1 aliphatic rings. The van der Waals surface area contributed by atoms with Gasteiger partial charge < -0.3 is 10.6 Å². The third-order valence-electron chi connectivity index (χ3n) is 3.57. The summed E-state index contributed by atoms with van der Waals surface area (Å²) in [6.07, 6.45) is -2.95. The SMILES string of the molecule is CC(N)C1CCN(C(=O)c2ccc(C(F)(F)F)cn2)C1.Cl.Cl. The largest absolute Gasteiger partial charge is 0.417 e. The third kappa shape index (κ3) is 4.72. The standard InChI is InChI=1S/C13H16F3N3O.2ClH/c1-8(17)9-4-5-19(7-9)12(20)11-3-2-10(6-18-11)13(14,15)16;;/h2-3,6,8-9H,4-5,7,17H2,1H3;2*1H. The predicted molar refractivity (Wildman–Crippen MR) is 81.4 cm³/mol. The van der Waals surface area contributed by atoms with E-state index in [1.54, 1.807) is 4.90 Å². The Hall–Kier alpha value is -1.05. The molecule has 1 aromatic rings. The van der Waals surface area contributed by atoms with Crippen LogP contribution in [0.4, 0.5) is 13.2 Å². The lowest BCUT2D eigenvalue weighted by Crippen LogP contribution is -2.33. The van der Waals surface area contributed by atoms with Crippen LogP contribution in [0.15, 0.2) is 18.3 Å². The first kappa shape index (κ1) is 20.9. The summed E-state index contributed by atoms with van der Waals surface area (Å²) >= 11 is 0. The van der Waals surface area contributed by atoms with E-state index in [9.17, 15) is 18.0 Å². The van der Waals surface area contributed by atoms with E-state index in [-0.39, 0.29) is 48.4 Å². The van der Waals surface area contributed by atoms with Gasteiger partial charge in [0, 0.05) is 25.3 Å². The Morgan fingerprint density at radius 1 is 1.41 bits per heavy atom. The van der Waals surface area contributed by atoms with Gasteiger partial charge in [0.05, 0.1) is 5.56 Å². The molecule has 4 nitrogen and oxygen atoms in total. The number of alkyl halides is 3. The van der Waals surface area contributed by atoms with Crippen LogP contribution in [0.1, 0.15) is 29.4 Å². The summed E-state index contributed by atoms with van der Waals surface area (Å²) in [5.41, 5.74) is 4.96. The molecule has 1 fully saturated rings. The van der Waals surface area contributed by atoms with E-state index in [4.69, 9.17) is 5.73 Å². The second-order valence-electron chi connectivity index (χ2n) is 5.09.